The van der Waals surface area contributed by atoms with Crippen LogP contribution in [0.1, 0.15) is 22.7 Å². The molecule has 24 heavy (non-hydrogen) atoms. The Morgan fingerprint density at radius 1 is 1.29 bits per heavy atom. The van der Waals surface area contributed by atoms with Crippen molar-refractivity contribution < 1.29 is 22.7 Å². The van der Waals surface area contributed by atoms with E-state index in [1.165, 1.54) is 19.2 Å². The second-order valence-electron chi connectivity index (χ2n) is 5.24. The van der Waals surface area contributed by atoms with Crippen LogP contribution in [0, 0.1) is 0 Å². The second kappa shape index (κ2) is 7.92. The third-order valence-corrected chi connectivity index (χ3v) is 3.37. The van der Waals surface area contributed by atoms with Crippen LogP contribution in [0.4, 0.5) is 13.2 Å². The molecule has 4 nitrogen and oxygen atoms in total. The van der Waals surface area contributed by atoms with Gasteiger partial charge in [-0.3, -0.25) is 9.78 Å². The highest BCUT2D eigenvalue weighted by molar-refractivity contribution is 5.79. The first-order valence-electron chi connectivity index (χ1n) is 7.24. The summed E-state index contributed by atoms with van der Waals surface area (Å²) in [6.45, 7) is 0.0695. The Labute approximate surface area is 137 Å². The number of alkyl halides is 3. The first-order valence-corrected chi connectivity index (χ1v) is 7.24. The highest BCUT2D eigenvalue weighted by Gasteiger charge is 2.31. The molecule has 0 aliphatic heterocycles. The molecule has 0 fully saturated rings. The molecule has 1 heterocycles. The molecule has 1 aromatic carbocycles. The average molecular weight is 338 g/mol. The molecule has 0 radical (unpaired) electrons. The number of aromatic nitrogens is 1. The van der Waals surface area contributed by atoms with Crippen molar-refractivity contribution in [3.63, 3.8) is 0 Å². The monoisotopic (exact) mass is 338 g/mol. The smallest absolute Gasteiger partial charge is 0.382 e. The van der Waals surface area contributed by atoms with E-state index < -0.39 is 17.8 Å². The predicted octanol–water partition coefficient (Wildman–Crippen LogP) is 3.15. The number of carbonyl (C=O) groups excluding carboxylic acids is 1. The minimum atomic E-state index is -4.44. The van der Waals surface area contributed by atoms with Gasteiger partial charge in [-0.15, -0.1) is 0 Å². The van der Waals surface area contributed by atoms with Crippen molar-refractivity contribution in [1.82, 2.24) is 10.3 Å². The molecule has 2 aromatic rings. The molecular formula is C17H17F3N2O2. The Morgan fingerprint density at radius 3 is 2.71 bits per heavy atom. The van der Waals surface area contributed by atoms with E-state index in [1.54, 1.807) is 24.5 Å². The number of ether oxygens (including phenoxy) is 1. The number of benzene rings is 1. The van der Waals surface area contributed by atoms with Crippen molar-refractivity contribution in [2.75, 3.05) is 13.7 Å². The van der Waals surface area contributed by atoms with Gasteiger partial charge in [0.2, 0.25) is 5.91 Å². The van der Waals surface area contributed by atoms with E-state index in [0.717, 1.165) is 17.7 Å². The third kappa shape index (κ3) is 5.06. The summed E-state index contributed by atoms with van der Waals surface area (Å²) in [7, 11) is 1.42. The van der Waals surface area contributed by atoms with Crippen LogP contribution in [0.25, 0.3) is 0 Å². The molecule has 0 aliphatic carbocycles. The van der Waals surface area contributed by atoms with Crippen molar-refractivity contribution in [3.05, 3.63) is 65.5 Å². The zero-order valence-corrected chi connectivity index (χ0v) is 13.0. The van der Waals surface area contributed by atoms with Gasteiger partial charge in [-0.25, -0.2) is 0 Å². The lowest BCUT2D eigenvalue weighted by atomic mass is 10.0. The van der Waals surface area contributed by atoms with Gasteiger partial charge in [-0.1, -0.05) is 18.2 Å². The van der Waals surface area contributed by atoms with Crippen LogP contribution in [-0.4, -0.2) is 24.6 Å². The Morgan fingerprint density at radius 2 is 2.08 bits per heavy atom. The molecule has 2 rings (SSSR count). The van der Waals surface area contributed by atoms with Crippen molar-refractivity contribution in [2.24, 2.45) is 0 Å². The number of pyridine rings is 1. The van der Waals surface area contributed by atoms with E-state index in [9.17, 15) is 18.0 Å². The Hall–Kier alpha value is -2.41. The minimum Gasteiger partial charge on any atom is -0.382 e. The molecule has 0 bridgehead atoms. The SMILES string of the molecule is COC[C@H](NC(=O)Cc1cccnc1)c1cccc(C(F)(F)F)c1. The zero-order chi connectivity index (χ0) is 17.6. The minimum absolute atomic E-state index is 0.0695. The summed E-state index contributed by atoms with van der Waals surface area (Å²) in [6.07, 6.45) is -1.19. The van der Waals surface area contributed by atoms with E-state index in [4.69, 9.17) is 4.74 Å². The maximum Gasteiger partial charge on any atom is 0.416 e. The standard InChI is InChI=1S/C17H17F3N2O2/c1-24-11-15(13-5-2-6-14(9-13)17(18,19)20)22-16(23)8-12-4-3-7-21-10-12/h2-7,9-10,15H,8,11H2,1H3,(H,22,23)/t15-/m0/s1. The molecule has 0 spiro atoms. The molecule has 7 heteroatoms. The lowest BCUT2D eigenvalue weighted by molar-refractivity contribution is -0.137. The number of halogens is 3. The molecule has 1 atom stereocenters. The maximum atomic E-state index is 12.8. The lowest BCUT2D eigenvalue weighted by Crippen LogP contribution is -2.32. The van der Waals surface area contributed by atoms with Gasteiger partial charge in [-0.05, 0) is 29.3 Å². The Bertz CT molecular complexity index is 675. The maximum absolute atomic E-state index is 12.8. The first kappa shape index (κ1) is 17.9. The van der Waals surface area contributed by atoms with Crippen LogP contribution in [-0.2, 0) is 22.1 Å². The number of nitrogens with zero attached hydrogens (tertiary/aromatic N) is 1. The third-order valence-electron chi connectivity index (χ3n) is 3.37. The number of hydrogen-bond donors (Lipinski definition) is 1. The molecule has 0 aliphatic rings. The van der Waals surface area contributed by atoms with E-state index in [-0.39, 0.29) is 18.9 Å². The molecule has 0 saturated carbocycles. The fraction of sp³-hybridized carbons (Fsp3) is 0.294. The molecule has 128 valence electrons. The topological polar surface area (TPSA) is 51.2 Å². The highest BCUT2D eigenvalue weighted by atomic mass is 19.4. The molecule has 1 aromatic heterocycles. The summed E-state index contributed by atoms with van der Waals surface area (Å²) in [5.74, 6) is -0.317. The fourth-order valence-electron chi connectivity index (χ4n) is 2.25. The Kier molecular flexibility index (Phi) is 5.92. The highest BCUT2D eigenvalue weighted by Crippen LogP contribution is 2.30. The zero-order valence-electron chi connectivity index (χ0n) is 13.0. The summed E-state index contributed by atoms with van der Waals surface area (Å²) in [6, 6.07) is 7.65. The number of amides is 1. The molecule has 1 amide bonds. The van der Waals surface area contributed by atoms with Crippen molar-refractivity contribution in [1.29, 1.82) is 0 Å². The fourth-order valence-corrected chi connectivity index (χ4v) is 2.25. The molecule has 1 N–H and O–H groups in total. The van der Waals surface area contributed by atoms with Crippen molar-refractivity contribution in [2.45, 2.75) is 18.6 Å². The van der Waals surface area contributed by atoms with Gasteiger partial charge < -0.3 is 10.1 Å². The lowest BCUT2D eigenvalue weighted by Gasteiger charge is -2.19. The van der Waals surface area contributed by atoms with Crippen LogP contribution < -0.4 is 5.32 Å². The molecule has 0 unspecified atom stereocenters. The van der Waals surface area contributed by atoms with Crippen LogP contribution in [0.5, 0.6) is 0 Å². The molecular weight excluding hydrogens is 321 g/mol. The van der Waals surface area contributed by atoms with Crippen molar-refractivity contribution in [3.8, 4) is 0 Å². The first-order chi connectivity index (χ1) is 11.4. The van der Waals surface area contributed by atoms with E-state index in [2.05, 4.69) is 10.3 Å². The largest absolute Gasteiger partial charge is 0.416 e. The van der Waals surface area contributed by atoms with Gasteiger partial charge in [0.05, 0.1) is 24.6 Å². The van der Waals surface area contributed by atoms with Crippen LogP contribution in [0.15, 0.2) is 48.8 Å². The van der Waals surface area contributed by atoms with Crippen LogP contribution >= 0.6 is 0 Å². The second-order valence-corrected chi connectivity index (χ2v) is 5.24. The number of methoxy groups -OCH3 is 1. The number of rotatable bonds is 6. The summed E-state index contributed by atoms with van der Waals surface area (Å²) in [5, 5.41) is 2.70. The number of carbonyl (C=O) groups is 1. The van der Waals surface area contributed by atoms with Gasteiger partial charge in [0.15, 0.2) is 0 Å². The van der Waals surface area contributed by atoms with Crippen LogP contribution in [0.3, 0.4) is 0 Å². The van der Waals surface area contributed by atoms with Gasteiger partial charge >= 0.3 is 6.18 Å². The van der Waals surface area contributed by atoms with Gasteiger partial charge in [0.1, 0.15) is 0 Å². The summed E-state index contributed by atoms with van der Waals surface area (Å²) in [4.78, 5) is 16.1. The summed E-state index contributed by atoms with van der Waals surface area (Å²) in [5.41, 5.74) is 0.295. The van der Waals surface area contributed by atoms with Gasteiger partial charge in [0.25, 0.3) is 0 Å². The normalized spacial score (nSPS) is 12.7. The van der Waals surface area contributed by atoms with E-state index in [0.29, 0.717) is 5.56 Å². The summed E-state index contributed by atoms with van der Waals surface area (Å²) >= 11 is 0. The number of nitrogens with one attached hydrogen (secondary N) is 1. The van der Waals surface area contributed by atoms with E-state index >= 15 is 0 Å². The molecule has 0 saturated heterocycles. The average Bonchev–Trinajstić information content (AvgIpc) is 2.55. The van der Waals surface area contributed by atoms with Crippen molar-refractivity contribution >= 4 is 5.91 Å². The van der Waals surface area contributed by atoms with Gasteiger partial charge in [-0.2, -0.15) is 13.2 Å². The number of hydrogen-bond acceptors (Lipinski definition) is 3. The van der Waals surface area contributed by atoms with Gasteiger partial charge in [0, 0.05) is 19.5 Å². The quantitative estimate of drug-likeness (QED) is 0.880. The van der Waals surface area contributed by atoms with Crippen LogP contribution in [0.2, 0.25) is 0 Å². The summed E-state index contributed by atoms with van der Waals surface area (Å²) < 4.78 is 43.6. The van der Waals surface area contributed by atoms with E-state index in [1.807, 2.05) is 0 Å². The predicted molar refractivity (Wildman–Crippen MR) is 82.1 cm³/mol. The Balaban J connectivity index is 2.13.